The van der Waals surface area contributed by atoms with Crippen molar-refractivity contribution in [2.24, 2.45) is 17.8 Å². The van der Waals surface area contributed by atoms with Crippen molar-refractivity contribution in [2.75, 3.05) is 6.54 Å². The number of hydrogen-bond donors (Lipinski definition) is 1. The molecule has 2 fully saturated rings. The third-order valence-electron chi connectivity index (χ3n) is 4.57. The fourth-order valence-electron chi connectivity index (χ4n) is 3.21. The van der Waals surface area contributed by atoms with Crippen molar-refractivity contribution >= 4 is 11.9 Å². The Balaban J connectivity index is 2.07. The van der Waals surface area contributed by atoms with E-state index in [1.807, 2.05) is 4.90 Å². The molecule has 4 heteroatoms. The van der Waals surface area contributed by atoms with Crippen molar-refractivity contribution < 1.29 is 14.7 Å². The van der Waals surface area contributed by atoms with Crippen LogP contribution in [0.25, 0.3) is 0 Å². The summed E-state index contributed by atoms with van der Waals surface area (Å²) in [4.78, 5) is 24.7. The third kappa shape index (κ3) is 2.31. The zero-order valence-corrected chi connectivity index (χ0v) is 10.6. The summed E-state index contributed by atoms with van der Waals surface area (Å²) in [5, 5.41) is 8.99. The van der Waals surface area contributed by atoms with Gasteiger partial charge in [0, 0.05) is 19.0 Å². The van der Waals surface area contributed by atoms with Gasteiger partial charge in [0.05, 0.1) is 5.92 Å². The molecule has 2 rings (SSSR count). The molecule has 1 aliphatic carbocycles. The van der Waals surface area contributed by atoms with Gasteiger partial charge in [-0.3, -0.25) is 9.59 Å². The first-order valence-corrected chi connectivity index (χ1v) is 6.53. The lowest BCUT2D eigenvalue weighted by Gasteiger charge is -2.39. The Kier molecular flexibility index (Phi) is 3.40. The lowest BCUT2D eigenvalue weighted by Crippen LogP contribution is -2.45. The number of likely N-dealkylation sites (tertiary alicyclic amines) is 1. The molecule has 1 saturated carbocycles. The summed E-state index contributed by atoms with van der Waals surface area (Å²) >= 11 is 0. The molecule has 0 radical (unpaired) electrons. The largest absolute Gasteiger partial charge is 0.481 e. The second kappa shape index (κ2) is 4.67. The standard InChI is InChI=1S/C13H21NO3/c1-8-4-3-5-11(9(8)2)14-7-10(13(16)17)6-12(14)15/h8-11H,3-7H2,1-2H3,(H,16,17)/t8-,9+,10+,11+/m1/s1. The van der Waals surface area contributed by atoms with Crippen molar-refractivity contribution in [3.05, 3.63) is 0 Å². The molecule has 1 heterocycles. The van der Waals surface area contributed by atoms with E-state index in [2.05, 4.69) is 13.8 Å². The molecule has 1 aliphatic heterocycles. The van der Waals surface area contributed by atoms with Crippen molar-refractivity contribution in [2.45, 2.75) is 45.6 Å². The van der Waals surface area contributed by atoms with Gasteiger partial charge in [0.1, 0.15) is 0 Å². The molecule has 1 N–H and O–H groups in total. The molecule has 0 unspecified atom stereocenters. The normalized spacial score (nSPS) is 38.5. The van der Waals surface area contributed by atoms with Crippen LogP contribution in [0.5, 0.6) is 0 Å². The molecule has 0 aromatic carbocycles. The third-order valence-corrected chi connectivity index (χ3v) is 4.57. The highest BCUT2D eigenvalue weighted by molar-refractivity contribution is 5.86. The van der Waals surface area contributed by atoms with Crippen molar-refractivity contribution in [1.29, 1.82) is 0 Å². The van der Waals surface area contributed by atoms with Gasteiger partial charge in [-0.1, -0.05) is 26.7 Å². The lowest BCUT2D eigenvalue weighted by atomic mass is 9.77. The SMILES string of the molecule is C[C@H]1[C@H](C)CCC[C@@H]1N1C[C@@H](C(=O)O)CC1=O. The number of amides is 1. The summed E-state index contributed by atoms with van der Waals surface area (Å²) in [6, 6.07) is 0.260. The number of carbonyl (C=O) groups excluding carboxylic acids is 1. The van der Waals surface area contributed by atoms with Gasteiger partial charge in [-0.05, 0) is 18.3 Å². The van der Waals surface area contributed by atoms with Crippen molar-refractivity contribution in [1.82, 2.24) is 4.90 Å². The van der Waals surface area contributed by atoms with Gasteiger partial charge >= 0.3 is 5.97 Å². The monoisotopic (exact) mass is 239 g/mol. The minimum Gasteiger partial charge on any atom is -0.481 e. The predicted octanol–water partition coefficient (Wildman–Crippen LogP) is 1.74. The van der Waals surface area contributed by atoms with Gasteiger partial charge in [-0.25, -0.2) is 0 Å². The Morgan fingerprint density at radius 2 is 2.06 bits per heavy atom. The van der Waals surface area contributed by atoms with E-state index in [1.165, 1.54) is 6.42 Å². The number of rotatable bonds is 2. The number of nitrogens with zero attached hydrogens (tertiary/aromatic N) is 1. The summed E-state index contributed by atoms with van der Waals surface area (Å²) in [6.45, 7) is 4.83. The fraction of sp³-hybridized carbons (Fsp3) is 0.846. The number of hydrogen-bond acceptors (Lipinski definition) is 2. The molecular weight excluding hydrogens is 218 g/mol. The number of aliphatic carboxylic acids is 1. The molecule has 1 saturated heterocycles. The Bertz CT molecular complexity index is 329. The van der Waals surface area contributed by atoms with Crippen molar-refractivity contribution in [3.8, 4) is 0 Å². The smallest absolute Gasteiger partial charge is 0.308 e. The van der Waals surface area contributed by atoms with Crippen LogP contribution in [0.3, 0.4) is 0 Å². The molecular formula is C13H21NO3. The highest BCUT2D eigenvalue weighted by Gasteiger charge is 2.41. The quantitative estimate of drug-likeness (QED) is 0.798. The fourth-order valence-corrected chi connectivity index (χ4v) is 3.21. The molecule has 0 bridgehead atoms. The van der Waals surface area contributed by atoms with E-state index < -0.39 is 11.9 Å². The van der Waals surface area contributed by atoms with E-state index in [0.29, 0.717) is 18.4 Å². The van der Waals surface area contributed by atoms with Crippen LogP contribution in [0.15, 0.2) is 0 Å². The highest BCUT2D eigenvalue weighted by Crippen LogP contribution is 2.35. The summed E-state index contributed by atoms with van der Waals surface area (Å²) < 4.78 is 0. The molecule has 17 heavy (non-hydrogen) atoms. The Morgan fingerprint density at radius 1 is 1.35 bits per heavy atom. The average molecular weight is 239 g/mol. The molecule has 96 valence electrons. The Hall–Kier alpha value is -1.06. The summed E-state index contributed by atoms with van der Waals surface area (Å²) in [7, 11) is 0. The Labute approximate surface area is 102 Å². The van der Waals surface area contributed by atoms with Crippen LogP contribution in [-0.2, 0) is 9.59 Å². The number of carboxylic acid groups (broad SMARTS) is 1. The maximum atomic E-state index is 11.9. The Morgan fingerprint density at radius 3 is 2.65 bits per heavy atom. The maximum absolute atomic E-state index is 11.9. The van der Waals surface area contributed by atoms with Crippen LogP contribution in [-0.4, -0.2) is 34.5 Å². The number of carbonyl (C=O) groups is 2. The van der Waals surface area contributed by atoms with Gasteiger partial charge in [0.2, 0.25) is 5.91 Å². The first-order valence-electron chi connectivity index (χ1n) is 6.53. The highest BCUT2D eigenvalue weighted by atomic mass is 16.4. The molecule has 4 atom stereocenters. The van der Waals surface area contributed by atoms with Gasteiger partial charge in [-0.2, -0.15) is 0 Å². The van der Waals surface area contributed by atoms with Gasteiger partial charge in [-0.15, -0.1) is 0 Å². The molecule has 4 nitrogen and oxygen atoms in total. The van der Waals surface area contributed by atoms with E-state index in [0.717, 1.165) is 12.8 Å². The van der Waals surface area contributed by atoms with Gasteiger partial charge in [0.25, 0.3) is 0 Å². The zero-order chi connectivity index (χ0) is 12.6. The van der Waals surface area contributed by atoms with E-state index in [1.54, 1.807) is 0 Å². The summed E-state index contributed by atoms with van der Waals surface area (Å²) in [5.74, 6) is -0.182. The number of carboxylic acids is 1. The van der Waals surface area contributed by atoms with Crippen LogP contribution in [0.1, 0.15) is 39.5 Å². The van der Waals surface area contributed by atoms with E-state index in [4.69, 9.17) is 5.11 Å². The van der Waals surface area contributed by atoms with Crippen LogP contribution in [0.4, 0.5) is 0 Å². The summed E-state index contributed by atoms with van der Waals surface area (Å²) in [6.07, 6.45) is 3.59. The second-order valence-electron chi connectivity index (χ2n) is 5.62. The maximum Gasteiger partial charge on any atom is 0.308 e. The van der Waals surface area contributed by atoms with E-state index in [-0.39, 0.29) is 18.4 Å². The molecule has 0 spiro atoms. The van der Waals surface area contributed by atoms with Crippen LogP contribution in [0.2, 0.25) is 0 Å². The first kappa shape index (κ1) is 12.4. The molecule has 0 aromatic rings. The lowest BCUT2D eigenvalue weighted by molar-refractivity contribution is -0.141. The second-order valence-corrected chi connectivity index (χ2v) is 5.62. The van der Waals surface area contributed by atoms with Gasteiger partial charge < -0.3 is 10.0 Å². The van der Waals surface area contributed by atoms with E-state index in [9.17, 15) is 9.59 Å². The minimum atomic E-state index is -0.836. The van der Waals surface area contributed by atoms with Crippen LogP contribution in [0, 0.1) is 17.8 Å². The molecule has 1 amide bonds. The first-order chi connectivity index (χ1) is 8.00. The molecule has 0 aromatic heterocycles. The summed E-state index contributed by atoms with van der Waals surface area (Å²) in [5.41, 5.74) is 0. The average Bonchev–Trinajstić information content (AvgIpc) is 2.65. The van der Waals surface area contributed by atoms with Crippen LogP contribution < -0.4 is 0 Å². The van der Waals surface area contributed by atoms with E-state index >= 15 is 0 Å². The minimum absolute atomic E-state index is 0.0309. The zero-order valence-electron chi connectivity index (χ0n) is 10.6. The van der Waals surface area contributed by atoms with Gasteiger partial charge in [0.15, 0.2) is 0 Å². The topological polar surface area (TPSA) is 57.6 Å². The predicted molar refractivity (Wildman–Crippen MR) is 63.4 cm³/mol. The van der Waals surface area contributed by atoms with Crippen molar-refractivity contribution in [3.63, 3.8) is 0 Å². The molecule has 2 aliphatic rings. The van der Waals surface area contributed by atoms with Crippen LogP contribution >= 0.6 is 0 Å².